The van der Waals surface area contributed by atoms with Gasteiger partial charge in [0.25, 0.3) is 0 Å². The van der Waals surface area contributed by atoms with Crippen molar-refractivity contribution in [1.82, 2.24) is 10.2 Å². The van der Waals surface area contributed by atoms with E-state index in [9.17, 15) is 5.26 Å². The van der Waals surface area contributed by atoms with Gasteiger partial charge in [0.05, 0.1) is 11.8 Å². The van der Waals surface area contributed by atoms with Crippen LogP contribution in [0.4, 0.5) is 5.82 Å². The summed E-state index contributed by atoms with van der Waals surface area (Å²) in [5, 5.41) is 20.6. The standard InChI is InChI=1S/C13H18N4O/c1-4-18-11-5-10(6-11)15-13-12(7-14)8(2)9(3)16-17-13/h10-11H,4-6H2,1-3H3,(H,15,17). The highest BCUT2D eigenvalue weighted by atomic mass is 16.5. The van der Waals surface area contributed by atoms with Crippen molar-refractivity contribution < 1.29 is 4.74 Å². The Bertz CT molecular complexity index is 475. The van der Waals surface area contributed by atoms with E-state index in [1.807, 2.05) is 20.8 Å². The van der Waals surface area contributed by atoms with Crippen LogP contribution in [0.1, 0.15) is 36.6 Å². The Morgan fingerprint density at radius 1 is 1.39 bits per heavy atom. The Morgan fingerprint density at radius 2 is 2.11 bits per heavy atom. The zero-order valence-electron chi connectivity index (χ0n) is 11.0. The SMILES string of the molecule is CCOC1CC(Nc2nnc(C)c(C)c2C#N)C1. The first-order valence-corrected chi connectivity index (χ1v) is 6.27. The van der Waals surface area contributed by atoms with Gasteiger partial charge in [-0.1, -0.05) is 0 Å². The molecule has 1 fully saturated rings. The Labute approximate surface area is 107 Å². The van der Waals surface area contributed by atoms with E-state index in [1.54, 1.807) is 0 Å². The summed E-state index contributed by atoms with van der Waals surface area (Å²) in [7, 11) is 0. The van der Waals surface area contributed by atoms with Crippen LogP contribution in [0.3, 0.4) is 0 Å². The first-order chi connectivity index (χ1) is 8.65. The molecule has 1 N–H and O–H groups in total. The van der Waals surface area contributed by atoms with Crippen molar-refractivity contribution in [3.63, 3.8) is 0 Å². The van der Waals surface area contributed by atoms with Crippen molar-refractivity contribution in [2.24, 2.45) is 0 Å². The fourth-order valence-electron chi connectivity index (χ4n) is 2.09. The summed E-state index contributed by atoms with van der Waals surface area (Å²) < 4.78 is 5.50. The lowest BCUT2D eigenvalue weighted by atomic mass is 9.89. The molecule has 18 heavy (non-hydrogen) atoms. The maximum absolute atomic E-state index is 9.18. The predicted octanol–water partition coefficient (Wildman–Crippen LogP) is 1.94. The molecule has 0 unspecified atom stereocenters. The molecule has 0 bridgehead atoms. The number of aryl methyl sites for hydroxylation is 1. The summed E-state index contributed by atoms with van der Waals surface area (Å²) >= 11 is 0. The molecule has 2 rings (SSSR count). The smallest absolute Gasteiger partial charge is 0.167 e. The molecular formula is C13H18N4O. The molecule has 0 saturated heterocycles. The molecule has 5 nitrogen and oxygen atoms in total. The van der Waals surface area contributed by atoms with Gasteiger partial charge in [0.2, 0.25) is 0 Å². The van der Waals surface area contributed by atoms with E-state index >= 15 is 0 Å². The fourth-order valence-corrected chi connectivity index (χ4v) is 2.09. The van der Waals surface area contributed by atoms with Crippen molar-refractivity contribution in [3.8, 4) is 6.07 Å². The summed E-state index contributed by atoms with van der Waals surface area (Å²) in [6, 6.07) is 2.54. The van der Waals surface area contributed by atoms with E-state index in [1.165, 1.54) is 0 Å². The number of aromatic nitrogens is 2. The monoisotopic (exact) mass is 246 g/mol. The number of nitrogens with zero attached hydrogens (tertiary/aromatic N) is 3. The van der Waals surface area contributed by atoms with Gasteiger partial charge >= 0.3 is 0 Å². The highest BCUT2D eigenvalue weighted by Crippen LogP contribution is 2.28. The molecule has 0 aromatic carbocycles. The molecule has 0 spiro atoms. The van der Waals surface area contributed by atoms with Crippen LogP contribution < -0.4 is 5.32 Å². The van der Waals surface area contributed by atoms with Crippen LogP contribution in [0.5, 0.6) is 0 Å². The van der Waals surface area contributed by atoms with Crippen molar-refractivity contribution in [2.75, 3.05) is 11.9 Å². The maximum atomic E-state index is 9.18. The van der Waals surface area contributed by atoms with E-state index < -0.39 is 0 Å². The van der Waals surface area contributed by atoms with Crippen molar-refractivity contribution >= 4 is 5.82 Å². The molecule has 1 aliphatic carbocycles. The third-order valence-corrected chi connectivity index (χ3v) is 3.40. The van der Waals surface area contributed by atoms with Gasteiger partial charge in [0.1, 0.15) is 11.6 Å². The molecule has 1 saturated carbocycles. The number of ether oxygens (including phenoxy) is 1. The Kier molecular flexibility index (Phi) is 3.78. The number of rotatable bonds is 4. The number of hydrogen-bond donors (Lipinski definition) is 1. The number of hydrogen-bond acceptors (Lipinski definition) is 5. The first-order valence-electron chi connectivity index (χ1n) is 6.27. The van der Waals surface area contributed by atoms with E-state index in [-0.39, 0.29) is 0 Å². The van der Waals surface area contributed by atoms with Crippen LogP contribution in [0.25, 0.3) is 0 Å². The van der Waals surface area contributed by atoms with Gasteiger partial charge in [-0.15, -0.1) is 5.10 Å². The molecule has 1 aromatic rings. The maximum Gasteiger partial charge on any atom is 0.167 e. The van der Waals surface area contributed by atoms with Crippen molar-refractivity contribution in [1.29, 1.82) is 5.26 Å². The lowest BCUT2D eigenvalue weighted by molar-refractivity contribution is 0.00290. The summed E-state index contributed by atoms with van der Waals surface area (Å²) in [4.78, 5) is 0. The molecule has 0 amide bonds. The predicted molar refractivity (Wildman–Crippen MR) is 68.3 cm³/mol. The Balaban J connectivity index is 2.03. The Hall–Kier alpha value is -1.67. The average molecular weight is 246 g/mol. The number of nitrogens with one attached hydrogen (secondary N) is 1. The van der Waals surface area contributed by atoms with E-state index in [0.29, 0.717) is 23.5 Å². The summed E-state index contributed by atoms with van der Waals surface area (Å²) in [5.74, 6) is 0.598. The molecule has 0 atom stereocenters. The largest absolute Gasteiger partial charge is 0.378 e. The third-order valence-electron chi connectivity index (χ3n) is 3.40. The second kappa shape index (κ2) is 5.32. The molecule has 1 heterocycles. The van der Waals surface area contributed by atoms with Gasteiger partial charge in [-0.25, -0.2) is 0 Å². The van der Waals surface area contributed by atoms with Gasteiger partial charge in [-0.05, 0) is 39.2 Å². The van der Waals surface area contributed by atoms with Crippen molar-refractivity contribution in [3.05, 3.63) is 16.8 Å². The quantitative estimate of drug-likeness (QED) is 0.879. The van der Waals surface area contributed by atoms with E-state index in [2.05, 4.69) is 21.6 Å². The minimum Gasteiger partial charge on any atom is -0.378 e. The topological polar surface area (TPSA) is 70.8 Å². The van der Waals surface area contributed by atoms with Crippen molar-refractivity contribution in [2.45, 2.75) is 45.8 Å². The number of nitriles is 1. The van der Waals surface area contributed by atoms with Gasteiger partial charge in [0, 0.05) is 12.6 Å². The van der Waals surface area contributed by atoms with Crippen LogP contribution in [0, 0.1) is 25.2 Å². The van der Waals surface area contributed by atoms with Crippen LogP contribution in [0.2, 0.25) is 0 Å². The molecule has 1 aromatic heterocycles. The van der Waals surface area contributed by atoms with Crippen LogP contribution in [0.15, 0.2) is 0 Å². The van der Waals surface area contributed by atoms with Gasteiger partial charge in [-0.3, -0.25) is 0 Å². The zero-order chi connectivity index (χ0) is 13.1. The lowest BCUT2D eigenvalue weighted by Gasteiger charge is -2.35. The van der Waals surface area contributed by atoms with Crippen LogP contribution in [-0.4, -0.2) is 29.0 Å². The van der Waals surface area contributed by atoms with Gasteiger partial charge in [-0.2, -0.15) is 10.4 Å². The minimum absolute atomic E-state index is 0.338. The number of anilines is 1. The lowest BCUT2D eigenvalue weighted by Crippen LogP contribution is -2.41. The molecular weight excluding hydrogens is 228 g/mol. The highest BCUT2D eigenvalue weighted by molar-refractivity contribution is 5.56. The second-order valence-electron chi connectivity index (χ2n) is 4.64. The molecule has 0 aliphatic heterocycles. The van der Waals surface area contributed by atoms with Gasteiger partial charge in [0.15, 0.2) is 5.82 Å². The normalized spacial score (nSPS) is 22.1. The van der Waals surface area contributed by atoms with E-state index in [0.717, 1.165) is 30.7 Å². The molecule has 5 heteroatoms. The van der Waals surface area contributed by atoms with Crippen LogP contribution >= 0.6 is 0 Å². The summed E-state index contributed by atoms with van der Waals surface area (Å²) in [5.41, 5.74) is 2.30. The molecule has 96 valence electrons. The zero-order valence-corrected chi connectivity index (χ0v) is 11.0. The minimum atomic E-state index is 0.338. The molecule has 0 radical (unpaired) electrons. The third kappa shape index (κ3) is 2.44. The first kappa shape index (κ1) is 12.8. The fraction of sp³-hybridized carbons (Fsp3) is 0.615. The summed E-state index contributed by atoms with van der Waals surface area (Å²) in [6.07, 6.45) is 2.28. The highest BCUT2D eigenvalue weighted by Gasteiger charge is 2.30. The van der Waals surface area contributed by atoms with E-state index in [4.69, 9.17) is 4.74 Å². The second-order valence-corrected chi connectivity index (χ2v) is 4.64. The average Bonchev–Trinajstić information content (AvgIpc) is 2.31. The van der Waals surface area contributed by atoms with Crippen LogP contribution in [-0.2, 0) is 4.74 Å². The molecule has 1 aliphatic rings. The summed E-state index contributed by atoms with van der Waals surface area (Å²) in [6.45, 7) is 6.52. The van der Waals surface area contributed by atoms with Gasteiger partial charge < -0.3 is 10.1 Å². The Morgan fingerprint density at radius 3 is 2.72 bits per heavy atom.